The Morgan fingerprint density at radius 2 is 1.44 bits per heavy atom. The van der Waals surface area contributed by atoms with Crippen molar-refractivity contribution in [3.63, 3.8) is 0 Å². The summed E-state index contributed by atoms with van der Waals surface area (Å²) in [6.45, 7) is 12.6. The highest BCUT2D eigenvalue weighted by Crippen LogP contribution is 2.27. The Morgan fingerprint density at radius 3 is 1.88 bits per heavy atom. The summed E-state index contributed by atoms with van der Waals surface area (Å²) >= 11 is 0. The largest absolute Gasteiger partial charge is 0.419 e. The van der Waals surface area contributed by atoms with Crippen molar-refractivity contribution in [1.29, 1.82) is 0 Å². The van der Waals surface area contributed by atoms with E-state index in [-0.39, 0.29) is 0 Å². The summed E-state index contributed by atoms with van der Waals surface area (Å²) in [4.78, 5) is 23.6. The minimum Gasteiger partial charge on any atom is -0.419 e. The molecule has 0 aromatic heterocycles. The molecule has 0 aromatic rings. The van der Waals surface area contributed by atoms with E-state index < -0.39 is 17.7 Å². The highest BCUT2D eigenvalue weighted by atomic mass is 16.7. The number of unbranched alkanes of at least 4 members (excludes halogenated alkanes) is 8. The molecule has 4 heteroatoms. The maximum atomic E-state index is 11.9. The van der Waals surface area contributed by atoms with E-state index in [1.54, 1.807) is 6.92 Å². The molecular weight excluding hydrogens is 316 g/mol. The van der Waals surface area contributed by atoms with E-state index in [1.807, 2.05) is 6.92 Å². The van der Waals surface area contributed by atoms with Crippen LogP contribution >= 0.6 is 0 Å². The standard InChI is InChI=1S/C21H36O4/c1-6-9-10-11-12-13-14-15-16-17-21(8-3,24-19(22)7-2)25-20(23)18(4)5/h7H,2,4,6,8-17H2,1,3,5H3. The van der Waals surface area contributed by atoms with Crippen LogP contribution in [-0.2, 0) is 19.1 Å². The average molecular weight is 353 g/mol. The number of hydrogen-bond donors (Lipinski definition) is 0. The van der Waals surface area contributed by atoms with Crippen LogP contribution in [-0.4, -0.2) is 17.7 Å². The Kier molecular flexibility index (Phi) is 12.8. The van der Waals surface area contributed by atoms with Gasteiger partial charge in [0.15, 0.2) is 0 Å². The van der Waals surface area contributed by atoms with E-state index >= 15 is 0 Å². The zero-order valence-corrected chi connectivity index (χ0v) is 16.4. The minimum atomic E-state index is -1.22. The van der Waals surface area contributed by atoms with Crippen LogP contribution in [0.5, 0.6) is 0 Å². The predicted molar refractivity (Wildman–Crippen MR) is 102 cm³/mol. The molecule has 0 saturated carbocycles. The van der Waals surface area contributed by atoms with Crippen molar-refractivity contribution in [2.45, 2.75) is 97.2 Å². The van der Waals surface area contributed by atoms with Crippen LogP contribution in [0.2, 0.25) is 0 Å². The van der Waals surface area contributed by atoms with Gasteiger partial charge in [0.1, 0.15) is 0 Å². The van der Waals surface area contributed by atoms with Crippen molar-refractivity contribution >= 4 is 11.9 Å². The van der Waals surface area contributed by atoms with Gasteiger partial charge < -0.3 is 9.47 Å². The Bertz CT molecular complexity index is 428. The Hall–Kier alpha value is -1.58. The van der Waals surface area contributed by atoms with Crippen LogP contribution in [0.15, 0.2) is 24.8 Å². The molecule has 0 rings (SSSR count). The molecule has 0 amide bonds. The summed E-state index contributed by atoms with van der Waals surface area (Å²) in [6, 6.07) is 0. The molecule has 1 unspecified atom stereocenters. The lowest BCUT2D eigenvalue weighted by molar-refractivity contribution is -0.227. The van der Waals surface area contributed by atoms with Crippen LogP contribution in [0.3, 0.4) is 0 Å². The summed E-state index contributed by atoms with van der Waals surface area (Å²) in [5, 5.41) is 0. The van der Waals surface area contributed by atoms with Gasteiger partial charge in [0.25, 0.3) is 5.79 Å². The van der Waals surface area contributed by atoms with Crippen molar-refractivity contribution < 1.29 is 19.1 Å². The lowest BCUT2D eigenvalue weighted by Crippen LogP contribution is -2.39. The first-order chi connectivity index (χ1) is 11.9. The van der Waals surface area contributed by atoms with Gasteiger partial charge in [0.2, 0.25) is 0 Å². The van der Waals surface area contributed by atoms with Crippen LogP contribution in [0, 0.1) is 0 Å². The van der Waals surface area contributed by atoms with Gasteiger partial charge in [-0.15, -0.1) is 0 Å². The molecule has 1 atom stereocenters. The van der Waals surface area contributed by atoms with Crippen molar-refractivity contribution in [3.05, 3.63) is 24.8 Å². The number of hydrogen-bond acceptors (Lipinski definition) is 4. The van der Waals surface area contributed by atoms with Crippen molar-refractivity contribution in [1.82, 2.24) is 0 Å². The number of carbonyl (C=O) groups is 2. The van der Waals surface area contributed by atoms with E-state index in [0.717, 1.165) is 25.3 Å². The Balaban J connectivity index is 4.38. The quantitative estimate of drug-likeness (QED) is 0.160. The van der Waals surface area contributed by atoms with Gasteiger partial charge >= 0.3 is 11.9 Å². The average Bonchev–Trinajstić information content (AvgIpc) is 2.59. The second-order valence-electron chi connectivity index (χ2n) is 6.64. The zero-order valence-electron chi connectivity index (χ0n) is 16.4. The first-order valence-corrected chi connectivity index (χ1v) is 9.65. The van der Waals surface area contributed by atoms with Crippen LogP contribution in [0.25, 0.3) is 0 Å². The fraction of sp³-hybridized carbons (Fsp3) is 0.714. The van der Waals surface area contributed by atoms with E-state index in [0.29, 0.717) is 18.4 Å². The highest BCUT2D eigenvalue weighted by Gasteiger charge is 2.36. The van der Waals surface area contributed by atoms with Crippen molar-refractivity contribution in [3.8, 4) is 0 Å². The number of ether oxygens (including phenoxy) is 2. The van der Waals surface area contributed by atoms with E-state index in [2.05, 4.69) is 20.1 Å². The molecule has 0 heterocycles. The maximum Gasteiger partial charge on any atom is 0.336 e. The number of rotatable bonds is 15. The van der Waals surface area contributed by atoms with Crippen molar-refractivity contribution in [2.24, 2.45) is 0 Å². The molecule has 4 nitrogen and oxygen atoms in total. The molecule has 0 aliphatic heterocycles. The van der Waals surface area contributed by atoms with Gasteiger partial charge in [0.05, 0.1) is 0 Å². The normalized spacial score (nSPS) is 12.9. The highest BCUT2D eigenvalue weighted by molar-refractivity contribution is 5.87. The molecule has 0 N–H and O–H groups in total. The van der Waals surface area contributed by atoms with Gasteiger partial charge in [-0.25, -0.2) is 9.59 Å². The smallest absolute Gasteiger partial charge is 0.336 e. The summed E-state index contributed by atoms with van der Waals surface area (Å²) in [7, 11) is 0. The SMILES string of the molecule is C=CC(=O)OC(CC)(CCCCCCCCCCC)OC(=O)C(=C)C. The molecule has 144 valence electrons. The van der Waals surface area contributed by atoms with Gasteiger partial charge in [0, 0.05) is 24.5 Å². The second-order valence-corrected chi connectivity index (χ2v) is 6.64. The van der Waals surface area contributed by atoms with Gasteiger partial charge in [-0.2, -0.15) is 0 Å². The summed E-state index contributed by atoms with van der Waals surface area (Å²) < 4.78 is 10.9. The first kappa shape index (κ1) is 23.4. The fourth-order valence-corrected chi connectivity index (χ4v) is 2.63. The third-order valence-corrected chi connectivity index (χ3v) is 4.28. The zero-order chi connectivity index (χ0) is 19.1. The van der Waals surface area contributed by atoms with Gasteiger partial charge in [-0.3, -0.25) is 0 Å². The van der Waals surface area contributed by atoms with Crippen LogP contribution < -0.4 is 0 Å². The molecule has 0 aliphatic carbocycles. The number of carbonyl (C=O) groups excluding carboxylic acids is 2. The Labute approximate surface area is 153 Å². The fourth-order valence-electron chi connectivity index (χ4n) is 2.63. The van der Waals surface area contributed by atoms with Crippen molar-refractivity contribution in [2.75, 3.05) is 0 Å². The predicted octanol–water partition coefficient (Wildman–Crippen LogP) is 5.86. The first-order valence-electron chi connectivity index (χ1n) is 9.65. The van der Waals surface area contributed by atoms with E-state index in [9.17, 15) is 9.59 Å². The van der Waals surface area contributed by atoms with E-state index in [4.69, 9.17) is 9.47 Å². The molecule has 0 spiro atoms. The van der Waals surface area contributed by atoms with E-state index in [1.165, 1.54) is 38.5 Å². The molecule has 0 fully saturated rings. The molecule has 0 radical (unpaired) electrons. The summed E-state index contributed by atoms with van der Waals surface area (Å²) in [6.07, 6.45) is 12.7. The minimum absolute atomic E-state index is 0.291. The summed E-state index contributed by atoms with van der Waals surface area (Å²) in [5.41, 5.74) is 0.291. The maximum absolute atomic E-state index is 11.9. The third kappa shape index (κ3) is 10.8. The monoisotopic (exact) mass is 352 g/mol. The molecule has 25 heavy (non-hydrogen) atoms. The Morgan fingerprint density at radius 1 is 0.920 bits per heavy atom. The second kappa shape index (κ2) is 13.7. The number of esters is 2. The molecule has 0 bridgehead atoms. The third-order valence-electron chi connectivity index (χ3n) is 4.28. The lowest BCUT2D eigenvalue weighted by atomic mass is 10.0. The molecular formula is C21H36O4. The molecule has 0 aliphatic rings. The van der Waals surface area contributed by atoms with Crippen LogP contribution in [0.4, 0.5) is 0 Å². The van der Waals surface area contributed by atoms with Gasteiger partial charge in [-0.1, -0.05) is 78.4 Å². The topological polar surface area (TPSA) is 52.6 Å². The summed E-state index contributed by atoms with van der Waals surface area (Å²) in [5.74, 6) is -2.33. The van der Waals surface area contributed by atoms with Crippen LogP contribution in [0.1, 0.15) is 91.4 Å². The van der Waals surface area contributed by atoms with Gasteiger partial charge in [-0.05, 0) is 13.3 Å². The lowest BCUT2D eigenvalue weighted by Gasteiger charge is -2.31. The molecule has 0 saturated heterocycles. The molecule has 0 aromatic carbocycles.